The van der Waals surface area contributed by atoms with Gasteiger partial charge in [-0.2, -0.15) is 10.2 Å². The summed E-state index contributed by atoms with van der Waals surface area (Å²) in [7, 11) is 0. The minimum Gasteiger partial charge on any atom is -0.459 e. The van der Waals surface area contributed by atoms with E-state index in [1.807, 2.05) is 0 Å². The molecule has 4 rings (SSSR count). The van der Waals surface area contributed by atoms with Crippen molar-refractivity contribution in [2.75, 3.05) is 13.1 Å². The molecule has 0 saturated carbocycles. The molecule has 2 aromatic carbocycles. The Bertz CT molecular complexity index is 1750. The highest BCUT2D eigenvalue weighted by atomic mass is 19.1. The number of rotatable bonds is 10. The number of aryl methyl sites for hydroxylation is 1. The Morgan fingerprint density at radius 2 is 1.70 bits per heavy atom. The predicted octanol–water partition coefficient (Wildman–Crippen LogP) is 1.98. The number of nitrogens with zero attached hydrogens (tertiary/aromatic N) is 4. The number of aromatic nitrogens is 4. The van der Waals surface area contributed by atoms with E-state index in [9.17, 15) is 24.0 Å². The summed E-state index contributed by atoms with van der Waals surface area (Å²) < 4.78 is 23.1. The van der Waals surface area contributed by atoms with Gasteiger partial charge in [0.1, 0.15) is 24.5 Å². The zero-order chi connectivity index (χ0) is 31.5. The van der Waals surface area contributed by atoms with Crippen LogP contribution in [0.15, 0.2) is 36.5 Å². The third-order valence-electron chi connectivity index (χ3n) is 6.31. The van der Waals surface area contributed by atoms with Crippen LogP contribution in [0, 0.1) is 12.7 Å². The van der Waals surface area contributed by atoms with Crippen LogP contribution >= 0.6 is 0 Å². The third kappa shape index (κ3) is 7.39. The predicted molar refractivity (Wildman–Crippen MR) is 154 cm³/mol. The van der Waals surface area contributed by atoms with Gasteiger partial charge in [-0.3, -0.25) is 28.7 Å². The molecule has 0 aliphatic carbocycles. The molecule has 2 heterocycles. The maximum absolute atomic E-state index is 15.4. The van der Waals surface area contributed by atoms with Crippen LogP contribution in [0.3, 0.4) is 0 Å². The number of carbonyl (C=O) groups is 5. The number of halogens is 1. The van der Waals surface area contributed by atoms with Gasteiger partial charge in [0.15, 0.2) is 0 Å². The molecule has 14 heteroatoms. The van der Waals surface area contributed by atoms with Gasteiger partial charge in [-0.15, -0.1) is 0 Å². The third-order valence-corrected chi connectivity index (χ3v) is 6.31. The fourth-order valence-corrected chi connectivity index (χ4v) is 4.53. The van der Waals surface area contributed by atoms with E-state index in [0.717, 1.165) is 4.68 Å². The smallest absolute Gasteiger partial charge is 0.325 e. The maximum Gasteiger partial charge on any atom is 0.325 e. The zero-order valence-electron chi connectivity index (χ0n) is 24.2. The molecule has 0 radical (unpaired) electrons. The van der Waals surface area contributed by atoms with Crippen molar-refractivity contribution in [2.24, 2.45) is 5.73 Å². The first-order chi connectivity index (χ1) is 20.2. The number of fused-ring (bicyclic) bond motifs is 2. The quantitative estimate of drug-likeness (QED) is 0.233. The highest BCUT2D eigenvalue weighted by Crippen LogP contribution is 2.34. The molecule has 0 atom stereocenters. The summed E-state index contributed by atoms with van der Waals surface area (Å²) in [5, 5.41) is 14.4. The molecule has 0 aliphatic heterocycles. The standard InChI is InChI=1S/C29H32FN7O6/c1-16-28-18(19-11-22-17(10-20(19)30)12-34-37(22)26(41)9-8-23(31)38)6-5-7-21(28)36(35-16)15-25(40)32-13-24(39)33-14-27(42)43-29(2,3)4/h5-7,10-12H,8-9,13-15H2,1-4H3,(H2,31,38)(H,32,40)(H,33,39). The van der Waals surface area contributed by atoms with Crippen molar-refractivity contribution in [3.63, 3.8) is 0 Å². The van der Waals surface area contributed by atoms with Crippen LogP contribution in [-0.2, 0) is 30.5 Å². The molecular weight excluding hydrogens is 561 g/mol. The second-order valence-corrected chi connectivity index (χ2v) is 10.9. The number of primary amides is 1. The number of nitrogens with two attached hydrogens (primary N) is 1. The number of esters is 1. The van der Waals surface area contributed by atoms with Gasteiger partial charge < -0.3 is 21.1 Å². The van der Waals surface area contributed by atoms with Crippen LogP contribution in [0.1, 0.15) is 44.1 Å². The number of hydrogen-bond acceptors (Lipinski definition) is 8. The summed E-state index contributed by atoms with van der Waals surface area (Å²) in [6.07, 6.45) is 1.08. The van der Waals surface area contributed by atoms with E-state index < -0.39 is 41.0 Å². The lowest BCUT2D eigenvalue weighted by Gasteiger charge is -2.19. The van der Waals surface area contributed by atoms with E-state index in [-0.39, 0.29) is 38.0 Å². The monoisotopic (exact) mass is 593 g/mol. The number of ether oxygens (including phenoxy) is 1. The Hall–Kier alpha value is -5.14. The lowest BCUT2D eigenvalue weighted by Crippen LogP contribution is -2.41. The van der Waals surface area contributed by atoms with Crippen LogP contribution in [0.25, 0.3) is 32.9 Å². The highest BCUT2D eigenvalue weighted by Gasteiger charge is 2.20. The van der Waals surface area contributed by atoms with E-state index in [0.29, 0.717) is 33.1 Å². The van der Waals surface area contributed by atoms with Gasteiger partial charge in [0.05, 0.1) is 29.5 Å². The largest absolute Gasteiger partial charge is 0.459 e. The summed E-state index contributed by atoms with van der Waals surface area (Å²) in [5.74, 6) is -3.30. The minimum atomic E-state index is -0.687. The first-order valence-electron chi connectivity index (χ1n) is 13.4. The van der Waals surface area contributed by atoms with Crippen molar-refractivity contribution < 1.29 is 33.1 Å². The molecule has 0 saturated heterocycles. The second-order valence-electron chi connectivity index (χ2n) is 10.9. The SMILES string of the molecule is Cc1nn(CC(=O)NCC(=O)NCC(=O)OC(C)(C)C)c2cccc(-c3cc4c(cnn4C(=O)CCC(N)=O)cc3F)c12. The van der Waals surface area contributed by atoms with Gasteiger partial charge in [0, 0.05) is 29.2 Å². The molecule has 0 spiro atoms. The van der Waals surface area contributed by atoms with Gasteiger partial charge in [-0.05, 0) is 51.5 Å². The number of nitrogens with one attached hydrogen (secondary N) is 2. The Kier molecular flexibility index (Phi) is 8.88. The van der Waals surface area contributed by atoms with Crippen molar-refractivity contribution >= 4 is 51.4 Å². The van der Waals surface area contributed by atoms with Gasteiger partial charge in [-0.1, -0.05) is 12.1 Å². The zero-order valence-corrected chi connectivity index (χ0v) is 24.2. The van der Waals surface area contributed by atoms with Gasteiger partial charge in [0.25, 0.3) is 0 Å². The Labute approximate surface area is 245 Å². The van der Waals surface area contributed by atoms with E-state index >= 15 is 4.39 Å². The first kappa shape index (κ1) is 30.8. The van der Waals surface area contributed by atoms with Crippen molar-refractivity contribution in [3.8, 4) is 11.1 Å². The molecular formula is C29H32FN7O6. The van der Waals surface area contributed by atoms with E-state index in [2.05, 4.69) is 20.8 Å². The average Bonchev–Trinajstić information content (AvgIpc) is 3.48. The molecule has 4 aromatic rings. The molecule has 0 fully saturated rings. The number of amides is 3. The molecule has 13 nitrogen and oxygen atoms in total. The Morgan fingerprint density at radius 1 is 0.977 bits per heavy atom. The number of hydrogen-bond donors (Lipinski definition) is 3. The molecule has 226 valence electrons. The molecule has 2 aromatic heterocycles. The van der Waals surface area contributed by atoms with E-state index in [1.165, 1.54) is 23.0 Å². The fraction of sp³-hybridized carbons (Fsp3) is 0.345. The van der Waals surface area contributed by atoms with Crippen LogP contribution in [0.5, 0.6) is 0 Å². The second kappa shape index (κ2) is 12.4. The van der Waals surface area contributed by atoms with Crippen molar-refractivity contribution in [1.29, 1.82) is 0 Å². The van der Waals surface area contributed by atoms with Gasteiger partial charge >= 0.3 is 5.97 Å². The number of benzene rings is 2. The van der Waals surface area contributed by atoms with Crippen molar-refractivity contribution in [3.05, 3.63) is 48.0 Å². The summed E-state index contributed by atoms with van der Waals surface area (Å²) >= 11 is 0. The van der Waals surface area contributed by atoms with Gasteiger partial charge in [0.2, 0.25) is 23.6 Å². The summed E-state index contributed by atoms with van der Waals surface area (Å²) in [6, 6.07) is 7.91. The number of carbonyl (C=O) groups excluding carboxylic acids is 5. The topological polar surface area (TPSA) is 180 Å². The first-order valence-corrected chi connectivity index (χ1v) is 13.4. The maximum atomic E-state index is 15.4. The molecule has 3 amide bonds. The van der Waals surface area contributed by atoms with Crippen molar-refractivity contribution in [1.82, 2.24) is 30.2 Å². The molecule has 43 heavy (non-hydrogen) atoms. The normalized spacial score (nSPS) is 11.5. The summed E-state index contributed by atoms with van der Waals surface area (Å²) in [6.45, 7) is 5.93. The van der Waals surface area contributed by atoms with Crippen molar-refractivity contribution in [2.45, 2.75) is 52.7 Å². The summed E-state index contributed by atoms with van der Waals surface area (Å²) in [4.78, 5) is 60.3. The molecule has 0 unspecified atom stereocenters. The average molecular weight is 594 g/mol. The lowest BCUT2D eigenvalue weighted by atomic mass is 9.98. The summed E-state index contributed by atoms with van der Waals surface area (Å²) in [5.41, 5.74) is 6.58. The Morgan fingerprint density at radius 3 is 2.40 bits per heavy atom. The van der Waals surface area contributed by atoms with Crippen LogP contribution in [0.2, 0.25) is 0 Å². The fourth-order valence-electron chi connectivity index (χ4n) is 4.53. The van der Waals surface area contributed by atoms with Crippen LogP contribution in [-0.4, -0.2) is 67.8 Å². The molecule has 0 aliphatic rings. The van der Waals surface area contributed by atoms with E-state index in [4.69, 9.17) is 10.5 Å². The van der Waals surface area contributed by atoms with Gasteiger partial charge in [-0.25, -0.2) is 9.07 Å². The Balaban J connectivity index is 1.52. The molecule has 0 bridgehead atoms. The lowest BCUT2D eigenvalue weighted by molar-refractivity contribution is -0.154. The molecule has 4 N–H and O–H groups in total. The van der Waals surface area contributed by atoms with Crippen LogP contribution < -0.4 is 16.4 Å². The van der Waals surface area contributed by atoms with E-state index in [1.54, 1.807) is 45.9 Å². The minimum absolute atomic E-state index is 0.143. The highest BCUT2D eigenvalue weighted by molar-refractivity contribution is 6.01. The van der Waals surface area contributed by atoms with Crippen LogP contribution in [0.4, 0.5) is 4.39 Å².